The van der Waals surface area contributed by atoms with E-state index in [0.717, 1.165) is 5.56 Å². The van der Waals surface area contributed by atoms with E-state index in [1.165, 1.54) is 0 Å². The fourth-order valence-corrected chi connectivity index (χ4v) is 2.45. The summed E-state index contributed by atoms with van der Waals surface area (Å²) in [6.45, 7) is 4.40. The van der Waals surface area contributed by atoms with E-state index in [1.54, 1.807) is 24.3 Å². The van der Waals surface area contributed by atoms with Gasteiger partial charge in [-0.2, -0.15) is 0 Å². The topological polar surface area (TPSA) is 76.7 Å². The van der Waals surface area contributed by atoms with Crippen LogP contribution in [0.3, 0.4) is 0 Å². The Hall–Kier alpha value is -3.02. The summed E-state index contributed by atoms with van der Waals surface area (Å²) in [5.74, 6) is 1.05. The Morgan fingerprint density at radius 2 is 1.60 bits per heavy atom. The Morgan fingerprint density at radius 3 is 2.28 bits per heavy atom. The SMILES string of the molecule is CC(C)NC(=O)c1ccc(C(=O)NCc2ccc3c(c2)OCO3)cc1. The van der Waals surface area contributed by atoms with Crippen LogP contribution in [-0.2, 0) is 6.54 Å². The van der Waals surface area contributed by atoms with E-state index in [4.69, 9.17) is 9.47 Å². The van der Waals surface area contributed by atoms with Crippen molar-refractivity contribution in [1.82, 2.24) is 10.6 Å². The van der Waals surface area contributed by atoms with Gasteiger partial charge in [0.2, 0.25) is 6.79 Å². The highest BCUT2D eigenvalue weighted by Gasteiger charge is 2.14. The molecule has 6 nitrogen and oxygen atoms in total. The fourth-order valence-electron chi connectivity index (χ4n) is 2.45. The maximum atomic E-state index is 12.2. The van der Waals surface area contributed by atoms with Gasteiger partial charge in [-0.3, -0.25) is 9.59 Å². The Morgan fingerprint density at radius 1 is 0.960 bits per heavy atom. The maximum Gasteiger partial charge on any atom is 0.251 e. The van der Waals surface area contributed by atoms with Crippen LogP contribution in [0, 0.1) is 0 Å². The third kappa shape index (κ3) is 4.09. The Balaban J connectivity index is 1.59. The number of fused-ring (bicyclic) bond motifs is 1. The molecule has 0 saturated heterocycles. The summed E-state index contributed by atoms with van der Waals surface area (Å²) in [7, 11) is 0. The summed E-state index contributed by atoms with van der Waals surface area (Å²) in [5.41, 5.74) is 1.95. The summed E-state index contributed by atoms with van der Waals surface area (Å²) in [6.07, 6.45) is 0. The van der Waals surface area contributed by atoms with Crippen LogP contribution in [0.5, 0.6) is 11.5 Å². The number of benzene rings is 2. The van der Waals surface area contributed by atoms with Crippen LogP contribution in [0.15, 0.2) is 42.5 Å². The zero-order valence-electron chi connectivity index (χ0n) is 14.2. The van der Waals surface area contributed by atoms with Crippen LogP contribution in [0.4, 0.5) is 0 Å². The molecule has 25 heavy (non-hydrogen) atoms. The molecule has 3 rings (SSSR count). The van der Waals surface area contributed by atoms with E-state index in [9.17, 15) is 9.59 Å². The molecule has 0 radical (unpaired) electrons. The van der Waals surface area contributed by atoms with Gasteiger partial charge < -0.3 is 20.1 Å². The average molecular weight is 340 g/mol. The fraction of sp³-hybridized carbons (Fsp3) is 0.263. The van der Waals surface area contributed by atoms with Crippen molar-refractivity contribution >= 4 is 11.8 Å². The van der Waals surface area contributed by atoms with Crippen molar-refractivity contribution in [3.8, 4) is 11.5 Å². The Labute approximate surface area is 146 Å². The monoisotopic (exact) mass is 340 g/mol. The second-order valence-corrected chi connectivity index (χ2v) is 6.08. The predicted molar refractivity (Wildman–Crippen MR) is 92.8 cm³/mol. The molecule has 0 atom stereocenters. The summed E-state index contributed by atoms with van der Waals surface area (Å²) < 4.78 is 10.6. The molecule has 1 aliphatic heterocycles. The smallest absolute Gasteiger partial charge is 0.251 e. The first-order chi connectivity index (χ1) is 12.0. The lowest BCUT2D eigenvalue weighted by atomic mass is 10.1. The van der Waals surface area contributed by atoms with Gasteiger partial charge in [0.05, 0.1) is 0 Å². The lowest BCUT2D eigenvalue weighted by Gasteiger charge is -2.09. The minimum Gasteiger partial charge on any atom is -0.454 e. The van der Waals surface area contributed by atoms with E-state index >= 15 is 0 Å². The molecular formula is C19H20N2O4. The number of nitrogens with one attached hydrogen (secondary N) is 2. The summed E-state index contributed by atoms with van der Waals surface area (Å²) in [6, 6.07) is 12.2. The summed E-state index contributed by atoms with van der Waals surface area (Å²) in [5, 5.41) is 5.66. The molecule has 1 aliphatic rings. The highest BCUT2D eigenvalue weighted by molar-refractivity contribution is 5.97. The van der Waals surface area contributed by atoms with E-state index < -0.39 is 0 Å². The third-order valence-electron chi connectivity index (χ3n) is 3.72. The van der Waals surface area contributed by atoms with Crippen LogP contribution in [0.1, 0.15) is 40.1 Å². The zero-order valence-corrected chi connectivity index (χ0v) is 14.2. The quantitative estimate of drug-likeness (QED) is 0.877. The molecule has 0 spiro atoms. The van der Waals surface area contributed by atoms with Crippen molar-refractivity contribution < 1.29 is 19.1 Å². The number of amides is 2. The molecule has 0 saturated carbocycles. The van der Waals surface area contributed by atoms with Crippen molar-refractivity contribution in [3.63, 3.8) is 0 Å². The van der Waals surface area contributed by atoms with Crippen LogP contribution in [0.25, 0.3) is 0 Å². The molecule has 0 fully saturated rings. The van der Waals surface area contributed by atoms with Gasteiger partial charge in [-0.1, -0.05) is 6.07 Å². The number of carbonyl (C=O) groups is 2. The molecule has 0 aliphatic carbocycles. The number of hydrogen-bond acceptors (Lipinski definition) is 4. The minimum absolute atomic E-state index is 0.0668. The van der Waals surface area contributed by atoms with Gasteiger partial charge in [-0.05, 0) is 55.8 Å². The van der Waals surface area contributed by atoms with E-state index in [2.05, 4.69) is 10.6 Å². The van der Waals surface area contributed by atoms with Gasteiger partial charge in [-0.25, -0.2) is 0 Å². The molecule has 2 aromatic carbocycles. The van der Waals surface area contributed by atoms with E-state index in [0.29, 0.717) is 29.2 Å². The van der Waals surface area contributed by atoms with Crippen LogP contribution in [0.2, 0.25) is 0 Å². The van der Waals surface area contributed by atoms with Crippen LogP contribution in [-0.4, -0.2) is 24.6 Å². The van der Waals surface area contributed by atoms with Gasteiger partial charge in [0.15, 0.2) is 11.5 Å². The van der Waals surface area contributed by atoms with Crippen LogP contribution < -0.4 is 20.1 Å². The Kier molecular flexibility index (Phi) is 4.88. The lowest BCUT2D eigenvalue weighted by Crippen LogP contribution is -2.30. The second-order valence-electron chi connectivity index (χ2n) is 6.08. The highest BCUT2D eigenvalue weighted by Crippen LogP contribution is 2.32. The molecule has 2 N–H and O–H groups in total. The molecule has 0 unspecified atom stereocenters. The molecule has 6 heteroatoms. The van der Waals surface area contributed by atoms with Gasteiger partial charge in [0.25, 0.3) is 11.8 Å². The molecular weight excluding hydrogens is 320 g/mol. The Bertz CT molecular complexity index is 785. The van der Waals surface area contributed by atoms with Gasteiger partial charge >= 0.3 is 0 Å². The third-order valence-corrected chi connectivity index (χ3v) is 3.72. The molecule has 2 amide bonds. The second kappa shape index (κ2) is 7.25. The first-order valence-corrected chi connectivity index (χ1v) is 8.10. The number of carbonyl (C=O) groups excluding carboxylic acids is 2. The predicted octanol–water partition coefficient (Wildman–Crippen LogP) is 2.48. The van der Waals surface area contributed by atoms with Gasteiger partial charge in [-0.15, -0.1) is 0 Å². The van der Waals surface area contributed by atoms with Gasteiger partial charge in [0.1, 0.15) is 0 Å². The summed E-state index contributed by atoms with van der Waals surface area (Å²) in [4.78, 5) is 24.1. The van der Waals surface area contributed by atoms with Crippen molar-refractivity contribution in [2.75, 3.05) is 6.79 Å². The number of ether oxygens (including phenoxy) is 2. The molecule has 0 aromatic heterocycles. The zero-order chi connectivity index (χ0) is 17.8. The minimum atomic E-state index is -0.200. The van der Waals surface area contributed by atoms with E-state index in [1.807, 2.05) is 32.0 Å². The van der Waals surface area contributed by atoms with Crippen molar-refractivity contribution in [3.05, 3.63) is 59.2 Å². The molecule has 1 heterocycles. The maximum absolute atomic E-state index is 12.2. The van der Waals surface area contributed by atoms with Crippen molar-refractivity contribution in [2.45, 2.75) is 26.4 Å². The first kappa shape index (κ1) is 16.8. The molecule has 2 aromatic rings. The normalized spacial score (nSPS) is 12.1. The molecule has 130 valence electrons. The van der Waals surface area contributed by atoms with Crippen molar-refractivity contribution in [1.29, 1.82) is 0 Å². The summed E-state index contributed by atoms with van der Waals surface area (Å²) >= 11 is 0. The van der Waals surface area contributed by atoms with Gasteiger partial charge in [0, 0.05) is 23.7 Å². The molecule has 0 bridgehead atoms. The first-order valence-electron chi connectivity index (χ1n) is 8.10. The number of hydrogen-bond donors (Lipinski definition) is 2. The van der Waals surface area contributed by atoms with Crippen LogP contribution >= 0.6 is 0 Å². The van der Waals surface area contributed by atoms with Crippen molar-refractivity contribution in [2.24, 2.45) is 0 Å². The van der Waals surface area contributed by atoms with E-state index in [-0.39, 0.29) is 24.6 Å². The lowest BCUT2D eigenvalue weighted by molar-refractivity contribution is 0.0934. The average Bonchev–Trinajstić information content (AvgIpc) is 3.07. The largest absolute Gasteiger partial charge is 0.454 e. The highest BCUT2D eigenvalue weighted by atomic mass is 16.7. The standard InChI is InChI=1S/C19H20N2O4/c1-12(2)21-19(23)15-6-4-14(5-7-15)18(22)20-10-13-3-8-16-17(9-13)25-11-24-16/h3-9,12H,10-11H2,1-2H3,(H,20,22)(H,21,23). The number of rotatable bonds is 5.